The van der Waals surface area contributed by atoms with E-state index in [-0.39, 0.29) is 23.2 Å². The number of rotatable bonds is 8. The van der Waals surface area contributed by atoms with E-state index < -0.39 is 10.0 Å². The third-order valence-electron chi connectivity index (χ3n) is 4.88. The van der Waals surface area contributed by atoms with Crippen LogP contribution in [0.4, 0.5) is 0 Å². The lowest BCUT2D eigenvalue weighted by molar-refractivity contribution is 0.384. The van der Waals surface area contributed by atoms with Gasteiger partial charge in [-0.15, -0.1) is 0 Å². The minimum absolute atomic E-state index is 0.0444. The van der Waals surface area contributed by atoms with Crippen LogP contribution in [-0.4, -0.2) is 27.6 Å². The fourth-order valence-corrected chi connectivity index (χ4v) is 4.38. The third-order valence-corrected chi connectivity index (χ3v) is 6.19. The van der Waals surface area contributed by atoms with Gasteiger partial charge in [0.05, 0.1) is 19.8 Å². The highest BCUT2D eigenvalue weighted by Crippen LogP contribution is 2.33. The van der Waals surface area contributed by atoms with Crippen molar-refractivity contribution in [1.82, 2.24) is 9.71 Å². The van der Waals surface area contributed by atoms with Crippen LogP contribution in [0.25, 0.3) is 22.8 Å². The minimum Gasteiger partial charge on any atom is -0.496 e. The predicted octanol–water partition coefficient (Wildman–Crippen LogP) is 4.50. The number of ether oxygens (including phenoxy) is 2. The van der Waals surface area contributed by atoms with Crippen LogP contribution in [0.2, 0.25) is 0 Å². The number of nitrogens with zero attached hydrogens (tertiary/aromatic N) is 1. The van der Waals surface area contributed by atoms with Crippen molar-refractivity contribution in [3.05, 3.63) is 84.4 Å². The zero-order chi connectivity index (χ0) is 22.6. The molecule has 0 unspecified atom stereocenters. The van der Waals surface area contributed by atoms with E-state index in [1.165, 1.54) is 14.2 Å². The smallest absolute Gasteiger partial charge is 0.262 e. The number of methoxy groups -OCH3 is 2. The lowest BCUT2D eigenvalue weighted by Gasteiger charge is -2.13. The van der Waals surface area contributed by atoms with E-state index in [9.17, 15) is 8.42 Å². The Bertz CT molecular complexity index is 1280. The molecule has 0 amide bonds. The molecule has 0 atom stereocenters. The van der Waals surface area contributed by atoms with Crippen molar-refractivity contribution in [2.75, 3.05) is 14.2 Å². The van der Waals surface area contributed by atoms with E-state index in [1.807, 2.05) is 48.5 Å². The van der Waals surface area contributed by atoms with Crippen LogP contribution in [0, 0.1) is 0 Å². The molecule has 8 heteroatoms. The second-order valence-corrected chi connectivity index (χ2v) is 8.53. The summed E-state index contributed by atoms with van der Waals surface area (Å²) in [7, 11) is -1.00. The molecule has 0 bridgehead atoms. The van der Waals surface area contributed by atoms with Crippen LogP contribution >= 0.6 is 0 Å². The topological polar surface area (TPSA) is 90.7 Å². The molecule has 4 aromatic rings. The van der Waals surface area contributed by atoms with Crippen molar-refractivity contribution in [1.29, 1.82) is 0 Å². The maximum absolute atomic E-state index is 13.3. The van der Waals surface area contributed by atoms with Crippen molar-refractivity contribution in [3.63, 3.8) is 0 Å². The first-order chi connectivity index (χ1) is 15.5. The molecule has 0 saturated carbocycles. The van der Waals surface area contributed by atoms with Crippen LogP contribution in [0.1, 0.15) is 5.56 Å². The average molecular weight is 451 g/mol. The summed E-state index contributed by atoms with van der Waals surface area (Å²) in [5.41, 5.74) is 1.86. The average Bonchev–Trinajstić information content (AvgIpc) is 3.30. The maximum Gasteiger partial charge on any atom is 0.262 e. The van der Waals surface area contributed by atoms with Crippen LogP contribution in [0.5, 0.6) is 11.5 Å². The molecule has 1 heterocycles. The molecule has 0 saturated heterocycles. The van der Waals surface area contributed by atoms with Gasteiger partial charge in [0.15, 0.2) is 5.76 Å². The van der Waals surface area contributed by atoms with Gasteiger partial charge in [-0.2, -0.15) is 4.98 Å². The van der Waals surface area contributed by atoms with E-state index in [2.05, 4.69) is 9.71 Å². The van der Waals surface area contributed by atoms with Gasteiger partial charge >= 0.3 is 0 Å². The number of hydrogen-bond acceptors (Lipinski definition) is 6. The highest BCUT2D eigenvalue weighted by atomic mass is 32.2. The van der Waals surface area contributed by atoms with Gasteiger partial charge in [0, 0.05) is 17.7 Å². The standard InChI is InChI=1S/C24H22N2O5S/c1-29-20-14-9-15-21(30-2)19(20)16-25-32(27,28)24-22(17-10-5-3-6-11-17)31-23(26-24)18-12-7-4-8-13-18/h3-15,25H,16H2,1-2H3. The van der Waals surface area contributed by atoms with Crippen molar-refractivity contribution >= 4 is 10.0 Å². The molecule has 0 aliphatic rings. The molecule has 32 heavy (non-hydrogen) atoms. The quantitative estimate of drug-likeness (QED) is 0.425. The van der Waals surface area contributed by atoms with Crippen LogP contribution in [0.15, 0.2) is 88.3 Å². The fraction of sp³-hybridized carbons (Fsp3) is 0.125. The van der Waals surface area contributed by atoms with Gasteiger partial charge < -0.3 is 13.9 Å². The molecule has 1 aromatic heterocycles. The van der Waals surface area contributed by atoms with Gasteiger partial charge in [-0.05, 0) is 24.3 Å². The van der Waals surface area contributed by atoms with Crippen molar-refractivity contribution < 1.29 is 22.3 Å². The summed E-state index contributed by atoms with van der Waals surface area (Å²) in [5.74, 6) is 1.42. The first kappa shape index (κ1) is 21.6. The molecule has 0 radical (unpaired) electrons. The predicted molar refractivity (Wildman–Crippen MR) is 121 cm³/mol. The Hall–Kier alpha value is -3.62. The van der Waals surface area contributed by atoms with Crippen LogP contribution in [-0.2, 0) is 16.6 Å². The number of nitrogens with one attached hydrogen (secondary N) is 1. The van der Waals surface area contributed by atoms with E-state index >= 15 is 0 Å². The largest absolute Gasteiger partial charge is 0.496 e. The Morgan fingerprint density at radius 1 is 0.812 bits per heavy atom. The van der Waals surface area contributed by atoms with Crippen molar-refractivity contribution in [2.24, 2.45) is 0 Å². The maximum atomic E-state index is 13.3. The molecule has 4 rings (SSSR count). The molecule has 1 N–H and O–H groups in total. The Balaban J connectivity index is 1.74. The summed E-state index contributed by atoms with van der Waals surface area (Å²) >= 11 is 0. The van der Waals surface area contributed by atoms with Gasteiger partial charge in [0.2, 0.25) is 10.9 Å². The Kier molecular flexibility index (Phi) is 6.25. The number of sulfonamides is 1. The van der Waals surface area contributed by atoms with Crippen LogP contribution in [0.3, 0.4) is 0 Å². The van der Waals surface area contributed by atoms with Gasteiger partial charge in [-0.25, -0.2) is 13.1 Å². The van der Waals surface area contributed by atoms with Gasteiger partial charge in [0.1, 0.15) is 11.5 Å². The van der Waals surface area contributed by atoms with Gasteiger partial charge in [0.25, 0.3) is 10.0 Å². The first-order valence-electron chi connectivity index (χ1n) is 9.84. The number of oxazole rings is 1. The second-order valence-electron chi connectivity index (χ2n) is 6.85. The molecular formula is C24H22N2O5S. The molecule has 7 nitrogen and oxygen atoms in total. The lowest BCUT2D eigenvalue weighted by atomic mass is 10.2. The monoisotopic (exact) mass is 450 g/mol. The summed E-state index contributed by atoms with van der Waals surface area (Å²) in [6, 6.07) is 23.4. The number of benzene rings is 3. The van der Waals surface area contributed by atoms with E-state index in [0.29, 0.717) is 28.2 Å². The highest BCUT2D eigenvalue weighted by molar-refractivity contribution is 7.89. The molecule has 164 valence electrons. The molecular weight excluding hydrogens is 428 g/mol. The summed E-state index contributed by atoms with van der Waals surface area (Å²) in [5, 5.41) is -0.184. The summed E-state index contributed by atoms with van der Waals surface area (Å²) < 4.78 is 45.9. The van der Waals surface area contributed by atoms with Crippen molar-refractivity contribution in [3.8, 4) is 34.3 Å². The number of hydrogen-bond donors (Lipinski definition) is 1. The lowest BCUT2D eigenvalue weighted by Crippen LogP contribution is -2.24. The van der Waals surface area contributed by atoms with E-state index in [1.54, 1.807) is 30.3 Å². The zero-order valence-electron chi connectivity index (χ0n) is 17.6. The SMILES string of the molecule is COc1cccc(OC)c1CNS(=O)(=O)c1nc(-c2ccccc2)oc1-c1ccccc1. The van der Waals surface area contributed by atoms with Gasteiger partial charge in [-0.1, -0.05) is 54.6 Å². The molecule has 0 spiro atoms. The Morgan fingerprint density at radius 3 is 1.94 bits per heavy atom. The summed E-state index contributed by atoms with van der Waals surface area (Å²) in [4.78, 5) is 4.35. The molecule has 0 aliphatic carbocycles. The number of aromatic nitrogens is 1. The van der Waals surface area contributed by atoms with Crippen molar-refractivity contribution in [2.45, 2.75) is 11.6 Å². The molecule has 0 aliphatic heterocycles. The summed E-state index contributed by atoms with van der Waals surface area (Å²) in [6.45, 7) is -0.0444. The normalized spacial score (nSPS) is 11.3. The first-order valence-corrected chi connectivity index (χ1v) is 11.3. The molecule has 3 aromatic carbocycles. The molecule has 0 fully saturated rings. The fourth-order valence-electron chi connectivity index (χ4n) is 3.30. The third kappa shape index (κ3) is 4.37. The Labute approximate surface area is 186 Å². The van der Waals surface area contributed by atoms with E-state index in [4.69, 9.17) is 13.9 Å². The zero-order valence-corrected chi connectivity index (χ0v) is 18.4. The summed E-state index contributed by atoms with van der Waals surface area (Å²) in [6.07, 6.45) is 0. The Morgan fingerprint density at radius 2 is 1.38 bits per heavy atom. The minimum atomic E-state index is -4.04. The second kappa shape index (κ2) is 9.25. The van der Waals surface area contributed by atoms with Crippen LogP contribution < -0.4 is 14.2 Å². The van der Waals surface area contributed by atoms with Gasteiger partial charge in [-0.3, -0.25) is 0 Å². The van der Waals surface area contributed by atoms with E-state index in [0.717, 1.165) is 0 Å². The highest BCUT2D eigenvalue weighted by Gasteiger charge is 2.28.